The molecule has 0 aliphatic rings. The molecule has 0 aromatic heterocycles. The van der Waals surface area contributed by atoms with Gasteiger partial charge in [0.05, 0.1) is 7.11 Å². The fraction of sp³-hybridized carbons (Fsp3) is 0.200. The van der Waals surface area contributed by atoms with Crippen molar-refractivity contribution in [2.24, 2.45) is 0 Å². The molecule has 1 heteroatoms. The molecule has 0 bridgehead atoms. The largest absolute Gasteiger partial charge is 0.496 e. The summed E-state index contributed by atoms with van der Waals surface area (Å²) in [7, 11) is 1.70. The molecule has 1 nitrogen and oxygen atoms in total. The summed E-state index contributed by atoms with van der Waals surface area (Å²) in [6.45, 7) is 4.12. The molecule has 0 atom stereocenters. The van der Waals surface area contributed by atoms with Gasteiger partial charge in [-0.1, -0.05) is 30.3 Å². The fourth-order valence-corrected chi connectivity index (χ4v) is 1.93. The third-order valence-electron chi connectivity index (χ3n) is 2.56. The molecule has 0 aliphatic heterocycles. The molecule has 81 valence electrons. The highest BCUT2D eigenvalue weighted by molar-refractivity contribution is 5.71. The van der Waals surface area contributed by atoms with Crippen molar-refractivity contribution >= 4 is 0 Å². The Bertz CT molecular complexity index is 480. The molecule has 0 amide bonds. The molecule has 2 rings (SSSR count). The minimum atomic E-state index is 0.910. The minimum Gasteiger partial charge on any atom is -0.496 e. The van der Waals surface area contributed by atoms with Crippen molar-refractivity contribution in [1.82, 2.24) is 0 Å². The van der Waals surface area contributed by atoms with Gasteiger partial charge in [0.25, 0.3) is 0 Å². The van der Waals surface area contributed by atoms with Crippen LogP contribution >= 0.6 is 0 Å². The maximum absolute atomic E-state index is 5.37. The fourth-order valence-electron chi connectivity index (χ4n) is 1.93. The van der Waals surface area contributed by atoms with Gasteiger partial charge >= 0.3 is 0 Å². The van der Waals surface area contributed by atoms with Crippen molar-refractivity contribution in [3.8, 4) is 16.9 Å². The highest BCUT2D eigenvalue weighted by Crippen LogP contribution is 2.30. The topological polar surface area (TPSA) is 9.23 Å². The van der Waals surface area contributed by atoms with Gasteiger partial charge in [-0.05, 0) is 42.7 Å². The molecule has 0 aliphatic carbocycles. The van der Waals surface area contributed by atoms with Gasteiger partial charge in [-0.15, -0.1) is 0 Å². The molecule has 0 N–H and O–H groups in total. The molecule has 0 spiro atoms. The summed E-state index contributed by atoms with van der Waals surface area (Å²) in [5.74, 6) is 0.910. The van der Waals surface area contributed by atoms with Gasteiger partial charge in [0, 0.05) is 5.56 Å². The van der Waals surface area contributed by atoms with Gasteiger partial charge in [-0.25, -0.2) is 0 Å². The quantitative estimate of drug-likeness (QED) is 0.734. The van der Waals surface area contributed by atoms with Crippen molar-refractivity contribution in [3.63, 3.8) is 0 Å². The monoisotopic (exact) mass is 211 g/mol. The summed E-state index contributed by atoms with van der Waals surface area (Å²) in [5.41, 5.74) is 4.62. The summed E-state index contributed by atoms with van der Waals surface area (Å²) >= 11 is 0. The Kier molecular flexibility index (Phi) is 2.95. The molecule has 16 heavy (non-hydrogen) atoms. The van der Waals surface area contributed by atoms with Crippen LogP contribution in [0.15, 0.2) is 36.4 Å². The molecule has 0 fully saturated rings. The molecule has 0 saturated heterocycles. The highest BCUT2D eigenvalue weighted by atomic mass is 16.5. The summed E-state index contributed by atoms with van der Waals surface area (Å²) in [5, 5.41) is 0. The predicted octanol–water partition coefficient (Wildman–Crippen LogP) is 3.78. The van der Waals surface area contributed by atoms with E-state index in [0.29, 0.717) is 0 Å². The zero-order valence-corrected chi connectivity index (χ0v) is 9.87. The van der Waals surface area contributed by atoms with Gasteiger partial charge in [0.2, 0.25) is 0 Å². The van der Waals surface area contributed by atoms with Crippen molar-refractivity contribution in [2.45, 2.75) is 13.8 Å². The van der Waals surface area contributed by atoms with Crippen molar-refractivity contribution < 1.29 is 4.74 Å². The van der Waals surface area contributed by atoms with Crippen LogP contribution in [-0.2, 0) is 0 Å². The minimum absolute atomic E-state index is 0.910. The number of ether oxygens (including phenoxy) is 1. The number of rotatable bonds is 2. The van der Waals surface area contributed by atoms with E-state index in [9.17, 15) is 0 Å². The van der Waals surface area contributed by atoms with Gasteiger partial charge < -0.3 is 4.74 Å². The third-order valence-corrected chi connectivity index (χ3v) is 2.56. The summed E-state index contributed by atoms with van der Waals surface area (Å²) in [6.07, 6.45) is 0. The van der Waals surface area contributed by atoms with Crippen LogP contribution in [-0.4, -0.2) is 7.11 Å². The SMILES string of the molecule is COc1ccccc1-c1cc(C)[c]c(C)c1. The Hall–Kier alpha value is -1.76. The standard InChI is InChI=1S/C15H15O/c1-11-8-12(2)10-13(9-11)14-6-4-5-7-15(14)16-3/h4-7,9-10H,1-3H3. The Morgan fingerprint density at radius 1 is 1.00 bits per heavy atom. The number of para-hydroxylation sites is 1. The van der Waals surface area contributed by atoms with E-state index in [1.165, 1.54) is 5.56 Å². The van der Waals surface area contributed by atoms with E-state index in [-0.39, 0.29) is 0 Å². The van der Waals surface area contributed by atoms with E-state index >= 15 is 0 Å². The molecule has 0 saturated carbocycles. The van der Waals surface area contributed by atoms with E-state index in [0.717, 1.165) is 22.4 Å². The third kappa shape index (κ3) is 2.08. The number of methoxy groups -OCH3 is 1. The first-order valence-corrected chi connectivity index (χ1v) is 5.34. The lowest BCUT2D eigenvalue weighted by Crippen LogP contribution is -1.88. The van der Waals surface area contributed by atoms with Crippen molar-refractivity contribution in [1.29, 1.82) is 0 Å². The summed E-state index contributed by atoms with van der Waals surface area (Å²) < 4.78 is 5.37. The maximum Gasteiger partial charge on any atom is 0.126 e. The van der Waals surface area contributed by atoms with Gasteiger partial charge in [-0.2, -0.15) is 0 Å². The molecule has 1 radical (unpaired) electrons. The Morgan fingerprint density at radius 3 is 2.25 bits per heavy atom. The molecule has 2 aromatic carbocycles. The van der Waals surface area contributed by atoms with Crippen molar-refractivity contribution in [2.75, 3.05) is 7.11 Å². The first-order chi connectivity index (χ1) is 7.70. The predicted molar refractivity (Wildman–Crippen MR) is 66.7 cm³/mol. The second-order valence-corrected chi connectivity index (χ2v) is 3.94. The number of hydrogen-bond donors (Lipinski definition) is 0. The number of hydrogen-bond acceptors (Lipinski definition) is 1. The zero-order valence-electron chi connectivity index (χ0n) is 9.87. The lowest BCUT2D eigenvalue weighted by Gasteiger charge is -2.09. The number of aryl methyl sites for hydroxylation is 2. The second kappa shape index (κ2) is 4.40. The average Bonchev–Trinajstić information content (AvgIpc) is 2.27. The van der Waals surface area contributed by atoms with E-state index < -0.39 is 0 Å². The zero-order chi connectivity index (χ0) is 11.5. The van der Waals surface area contributed by atoms with Crippen LogP contribution in [0.25, 0.3) is 11.1 Å². The van der Waals surface area contributed by atoms with Crippen LogP contribution in [0, 0.1) is 19.9 Å². The molecule has 0 unspecified atom stereocenters. The van der Waals surface area contributed by atoms with Crippen LogP contribution in [0.5, 0.6) is 5.75 Å². The second-order valence-electron chi connectivity index (χ2n) is 3.94. The first kappa shape index (κ1) is 10.7. The number of benzene rings is 2. The van der Waals surface area contributed by atoms with E-state index in [1.54, 1.807) is 7.11 Å². The van der Waals surface area contributed by atoms with Crippen LogP contribution < -0.4 is 4.74 Å². The van der Waals surface area contributed by atoms with Gasteiger partial charge in [0.15, 0.2) is 0 Å². The highest BCUT2D eigenvalue weighted by Gasteiger charge is 2.05. The lowest BCUT2D eigenvalue weighted by molar-refractivity contribution is 0.416. The van der Waals surface area contributed by atoms with Crippen LogP contribution in [0.3, 0.4) is 0 Å². The molecule has 0 heterocycles. The smallest absolute Gasteiger partial charge is 0.126 e. The summed E-state index contributed by atoms with van der Waals surface area (Å²) in [6, 6.07) is 15.6. The average molecular weight is 211 g/mol. The molecule has 2 aromatic rings. The van der Waals surface area contributed by atoms with E-state index in [4.69, 9.17) is 4.74 Å². The first-order valence-electron chi connectivity index (χ1n) is 5.34. The Morgan fingerprint density at radius 2 is 1.62 bits per heavy atom. The maximum atomic E-state index is 5.37. The van der Waals surface area contributed by atoms with E-state index in [1.807, 2.05) is 18.2 Å². The van der Waals surface area contributed by atoms with Crippen LogP contribution in [0.2, 0.25) is 0 Å². The van der Waals surface area contributed by atoms with Crippen molar-refractivity contribution in [3.05, 3.63) is 53.6 Å². The van der Waals surface area contributed by atoms with Crippen LogP contribution in [0.4, 0.5) is 0 Å². The normalized spacial score (nSPS) is 10.2. The van der Waals surface area contributed by atoms with Gasteiger partial charge in [-0.3, -0.25) is 0 Å². The van der Waals surface area contributed by atoms with Crippen LogP contribution in [0.1, 0.15) is 11.1 Å². The summed E-state index contributed by atoms with van der Waals surface area (Å²) in [4.78, 5) is 0. The van der Waals surface area contributed by atoms with E-state index in [2.05, 4.69) is 38.1 Å². The van der Waals surface area contributed by atoms with Gasteiger partial charge in [0.1, 0.15) is 5.75 Å². The Labute approximate surface area is 96.7 Å². The molecular formula is C15H15O. The lowest BCUT2D eigenvalue weighted by atomic mass is 10.00. The molecular weight excluding hydrogens is 196 g/mol. The Balaban J connectivity index is 2.58.